The molecule has 24 heavy (non-hydrogen) atoms. The highest BCUT2D eigenvalue weighted by Crippen LogP contribution is 2.31. The summed E-state index contributed by atoms with van der Waals surface area (Å²) in [6.07, 6.45) is -2.65. The Morgan fingerprint density at radius 2 is 2.00 bits per heavy atom. The molecule has 0 N–H and O–H groups in total. The van der Waals surface area contributed by atoms with Gasteiger partial charge in [0.05, 0.1) is 16.3 Å². The Hall–Kier alpha value is -2.35. The molecule has 1 aromatic carbocycles. The third kappa shape index (κ3) is 3.94. The van der Waals surface area contributed by atoms with Crippen molar-refractivity contribution in [3.63, 3.8) is 0 Å². The Balaban J connectivity index is 1.72. The monoisotopic (exact) mass is 351 g/mol. The minimum atomic E-state index is -4.41. The Kier molecular flexibility index (Phi) is 4.57. The molecule has 0 bridgehead atoms. The van der Waals surface area contributed by atoms with E-state index in [0.29, 0.717) is 11.6 Å². The van der Waals surface area contributed by atoms with E-state index in [1.54, 1.807) is 6.20 Å². The fraction of sp³-hybridized carbons (Fsp3) is 0.188. The molecule has 0 aliphatic carbocycles. The van der Waals surface area contributed by atoms with E-state index < -0.39 is 11.7 Å². The summed E-state index contributed by atoms with van der Waals surface area (Å²) in [6, 6.07) is 8.66. The van der Waals surface area contributed by atoms with Crippen molar-refractivity contribution in [2.75, 3.05) is 0 Å². The van der Waals surface area contributed by atoms with Gasteiger partial charge in [-0.15, -0.1) is 0 Å². The van der Waals surface area contributed by atoms with Crippen LogP contribution in [-0.4, -0.2) is 15.1 Å². The van der Waals surface area contributed by atoms with Crippen molar-refractivity contribution in [1.29, 1.82) is 0 Å². The second-order valence-corrected chi connectivity index (χ2v) is 6.05. The number of benzene rings is 1. The fourth-order valence-electron chi connectivity index (χ4n) is 1.94. The van der Waals surface area contributed by atoms with Crippen LogP contribution in [0.1, 0.15) is 17.0 Å². The van der Waals surface area contributed by atoms with Crippen molar-refractivity contribution in [1.82, 2.24) is 15.1 Å². The molecular weight excluding hydrogens is 339 g/mol. The summed E-state index contributed by atoms with van der Waals surface area (Å²) in [5, 5.41) is 4.55. The van der Waals surface area contributed by atoms with Gasteiger partial charge in [0, 0.05) is 11.8 Å². The minimum Gasteiger partial charge on any atom is -0.338 e. The van der Waals surface area contributed by atoms with Gasteiger partial charge < -0.3 is 4.52 Å². The maximum absolute atomic E-state index is 12.8. The van der Waals surface area contributed by atoms with Gasteiger partial charge in [-0.1, -0.05) is 35.1 Å². The van der Waals surface area contributed by atoms with E-state index in [1.165, 1.54) is 23.9 Å². The maximum Gasteiger partial charge on any atom is 0.416 e. The number of hydrogen-bond acceptors (Lipinski definition) is 5. The zero-order valence-corrected chi connectivity index (χ0v) is 13.4. The third-order valence-corrected chi connectivity index (χ3v) is 4.07. The molecule has 0 aliphatic heterocycles. The van der Waals surface area contributed by atoms with Gasteiger partial charge in [-0.05, 0) is 30.7 Å². The predicted molar refractivity (Wildman–Crippen MR) is 83.3 cm³/mol. The molecule has 0 saturated carbocycles. The lowest BCUT2D eigenvalue weighted by Gasteiger charge is -2.06. The van der Waals surface area contributed by atoms with Crippen molar-refractivity contribution < 1.29 is 17.7 Å². The Morgan fingerprint density at radius 1 is 1.17 bits per heavy atom. The maximum atomic E-state index is 12.8. The molecule has 0 fully saturated rings. The number of rotatable bonds is 4. The molecule has 3 aromatic rings. The van der Waals surface area contributed by atoms with Gasteiger partial charge >= 0.3 is 6.18 Å². The quantitative estimate of drug-likeness (QED) is 0.635. The molecule has 0 aliphatic rings. The van der Waals surface area contributed by atoms with Gasteiger partial charge in [0.2, 0.25) is 11.7 Å². The fourth-order valence-corrected chi connectivity index (χ4v) is 2.62. The van der Waals surface area contributed by atoms with E-state index in [-0.39, 0.29) is 11.4 Å². The zero-order valence-electron chi connectivity index (χ0n) is 12.5. The summed E-state index contributed by atoms with van der Waals surface area (Å²) in [7, 11) is 0. The van der Waals surface area contributed by atoms with Crippen molar-refractivity contribution in [3.8, 4) is 11.4 Å². The van der Waals surface area contributed by atoms with Crippen LogP contribution in [0.5, 0.6) is 0 Å². The smallest absolute Gasteiger partial charge is 0.338 e. The van der Waals surface area contributed by atoms with Crippen LogP contribution in [0.2, 0.25) is 0 Å². The molecule has 0 atom stereocenters. The van der Waals surface area contributed by atoms with Crippen molar-refractivity contribution in [2.45, 2.75) is 23.9 Å². The summed E-state index contributed by atoms with van der Waals surface area (Å²) in [4.78, 5) is 8.39. The molecule has 0 amide bonds. The Labute approximate surface area is 140 Å². The van der Waals surface area contributed by atoms with Gasteiger partial charge in [-0.25, -0.2) is 4.98 Å². The number of halogens is 3. The van der Waals surface area contributed by atoms with E-state index >= 15 is 0 Å². The minimum absolute atomic E-state index is 0.133. The zero-order chi connectivity index (χ0) is 17.2. The van der Waals surface area contributed by atoms with Crippen LogP contribution in [0.25, 0.3) is 11.4 Å². The van der Waals surface area contributed by atoms with E-state index in [9.17, 15) is 13.2 Å². The molecule has 8 heteroatoms. The van der Waals surface area contributed by atoms with Crippen LogP contribution >= 0.6 is 11.8 Å². The van der Waals surface area contributed by atoms with Crippen LogP contribution in [0, 0.1) is 6.92 Å². The summed E-state index contributed by atoms with van der Waals surface area (Å²) < 4.78 is 43.4. The lowest BCUT2D eigenvalue weighted by Crippen LogP contribution is -2.04. The molecule has 124 valence electrons. The van der Waals surface area contributed by atoms with Crippen LogP contribution in [-0.2, 0) is 11.9 Å². The first-order valence-electron chi connectivity index (χ1n) is 6.97. The first-order valence-corrected chi connectivity index (χ1v) is 7.96. The van der Waals surface area contributed by atoms with Crippen molar-refractivity contribution in [3.05, 3.63) is 59.6 Å². The second-order valence-electron chi connectivity index (χ2n) is 5.05. The lowest BCUT2D eigenvalue weighted by molar-refractivity contribution is -0.137. The molecule has 0 radical (unpaired) electrons. The molecule has 4 nitrogen and oxygen atoms in total. The highest BCUT2D eigenvalue weighted by Gasteiger charge is 2.30. The summed E-state index contributed by atoms with van der Waals surface area (Å²) in [6.45, 7) is 1.95. The second kappa shape index (κ2) is 6.64. The number of thioether (sulfide) groups is 1. The van der Waals surface area contributed by atoms with E-state index in [2.05, 4.69) is 15.1 Å². The van der Waals surface area contributed by atoms with Gasteiger partial charge in [0.1, 0.15) is 0 Å². The van der Waals surface area contributed by atoms with Crippen molar-refractivity contribution >= 4 is 11.8 Å². The molecule has 0 spiro atoms. The van der Waals surface area contributed by atoms with E-state index in [0.717, 1.165) is 22.7 Å². The highest BCUT2D eigenvalue weighted by molar-refractivity contribution is 7.98. The topological polar surface area (TPSA) is 51.8 Å². The molecule has 0 unspecified atom stereocenters. The molecule has 2 aromatic heterocycles. The van der Waals surface area contributed by atoms with Gasteiger partial charge in [0.15, 0.2) is 0 Å². The first-order chi connectivity index (χ1) is 11.4. The van der Waals surface area contributed by atoms with Crippen LogP contribution < -0.4 is 0 Å². The van der Waals surface area contributed by atoms with Crippen LogP contribution in [0.4, 0.5) is 13.2 Å². The van der Waals surface area contributed by atoms with Crippen LogP contribution in [0.15, 0.2) is 52.1 Å². The number of aromatic nitrogens is 3. The summed E-state index contributed by atoms with van der Waals surface area (Å²) in [5.41, 5.74) is 0.576. The van der Waals surface area contributed by atoms with Gasteiger partial charge in [0.25, 0.3) is 0 Å². The standard InChI is InChI=1S/C16H12F3N3OS/c1-10-5-6-14(20-8-10)24-9-13-21-15(22-23-13)11-3-2-4-12(7-11)16(17,18)19/h2-8H,9H2,1H3. The van der Waals surface area contributed by atoms with Gasteiger partial charge in [-0.3, -0.25) is 0 Å². The van der Waals surface area contributed by atoms with E-state index in [4.69, 9.17) is 4.52 Å². The molecule has 0 saturated heterocycles. The first kappa shape index (κ1) is 16.5. The SMILES string of the molecule is Cc1ccc(SCc2nc(-c3cccc(C(F)(F)F)c3)no2)nc1. The van der Waals surface area contributed by atoms with Crippen LogP contribution in [0.3, 0.4) is 0 Å². The van der Waals surface area contributed by atoms with Crippen molar-refractivity contribution in [2.24, 2.45) is 0 Å². The molecule has 3 rings (SSSR count). The lowest BCUT2D eigenvalue weighted by atomic mass is 10.1. The van der Waals surface area contributed by atoms with E-state index in [1.807, 2.05) is 19.1 Å². The number of pyridine rings is 1. The third-order valence-electron chi connectivity index (χ3n) is 3.14. The van der Waals surface area contributed by atoms with Gasteiger partial charge in [-0.2, -0.15) is 18.2 Å². The number of hydrogen-bond donors (Lipinski definition) is 0. The Morgan fingerprint density at radius 3 is 2.71 bits per heavy atom. The predicted octanol–water partition coefficient (Wildman–Crippen LogP) is 4.75. The number of aryl methyl sites for hydroxylation is 1. The average Bonchev–Trinajstić information content (AvgIpc) is 3.03. The molecule has 2 heterocycles. The Bertz CT molecular complexity index is 831. The molecular formula is C16H12F3N3OS. The average molecular weight is 351 g/mol. The normalized spacial score (nSPS) is 11.7. The number of nitrogens with zero attached hydrogens (tertiary/aromatic N) is 3. The number of alkyl halides is 3. The summed E-state index contributed by atoms with van der Waals surface area (Å²) in [5.74, 6) is 0.852. The largest absolute Gasteiger partial charge is 0.416 e. The summed E-state index contributed by atoms with van der Waals surface area (Å²) >= 11 is 1.41. The highest BCUT2D eigenvalue weighted by atomic mass is 32.2.